The molecule has 1 amide bonds. The van der Waals surface area contributed by atoms with E-state index in [1.54, 1.807) is 12.1 Å². The number of Topliss-reactive ketones (excluding diaryl/α,β-unsaturated/α-hetero) is 1. The molecule has 0 atom stereocenters. The Bertz CT molecular complexity index is 720. The van der Waals surface area contributed by atoms with Crippen LogP contribution in [0.25, 0.3) is 0 Å². The zero-order valence-electron chi connectivity index (χ0n) is 10.6. The van der Waals surface area contributed by atoms with Crippen LogP contribution in [0.4, 0.5) is 5.69 Å². The number of nitriles is 1. The van der Waals surface area contributed by atoms with Gasteiger partial charge in [0.25, 0.3) is 5.78 Å². The van der Waals surface area contributed by atoms with Gasteiger partial charge in [-0.25, -0.2) is 0 Å². The topological polar surface area (TPSA) is 98.5 Å². The van der Waals surface area contributed by atoms with Gasteiger partial charge in [0, 0.05) is 20.0 Å². The molecule has 0 saturated carbocycles. The minimum absolute atomic E-state index is 0.00659. The molecule has 1 aliphatic rings. The Kier molecular flexibility index (Phi) is 3.57. The van der Waals surface area contributed by atoms with Crippen LogP contribution in [-0.2, 0) is 15.0 Å². The normalized spacial score (nSPS) is 14.6. The van der Waals surface area contributed by atoms with Gasteiger partial charge in [-0.2, -0.15) is 22.3 Å². The molecule has 0 radical (unpaired) electrons. The predicted octanol–water partition coefficient (Wildman–Crippen LogP) is 0.306. The van der Waals surface area contributed by atoms with Crippen molar-refractivity contribution < 1.29 is 18.0 Å². The van der Waals surface area contributed by atoms with Gasteiger partial charge in [0.15, 0.2) is 0 Å². The molecule has 7 nitrogen and oxygen atoms in total. The van der Waals surface area contributed by atoms with Gasteiger partial charge in [-0.3, -0.25) is 9.59 Å². The molecule has 1 heterocycles. The first-order chi connectivity index (χ1) is 9.41. The number of para-hydroxylation sites is 1. The molecule has 0 aromatic heterocycles. The molecule has 1 aromatic carbocycles. The van der Waals surface area contributed by atoms with Crippen LogP contribution >= 0.6 is 0 Å². The SMILES string of the molecule is CN(CCC#N)S(=O)(=O)N1C(=O)C(=O)c2ccccc21. The lowest BCUT2D eigenvalue weighted by Crippen LogP contribution is -2.45. The third kappa shape index (κ3) is 2.07. The number of benzene rings is 1. The minimum atomic E-state index is -4.16. The van der Waals surface area contributed by atoms with Crippen molar-refractivity contribution in [3.8, 4) is 6.07 Å². The number of amides is 1. The van der Waals surface area contributed by atoms with Crippen molar-refractivity contribution in [2.24, 2.45) is 0 Å². The molecular weight excluding hydrogens is 282 g/mol. The summed E-state index contributed by atoms with van der Waals surface area (Å²) < 4.78 is 26.0. The van der Waals surface area contributed by atoms with Gasteiger partial charge in [-0.15, -0.1) is 0 Å². The van der Waals surface area contributed by atoms with Gasteiger partial charge in [-0.05, 0) is 12.1 Å². The first-order valence-corrected chi connectivity index (χ1v) is 7.12. The van der Waals surface area contributed by atoms with Crippen molar-refractivity contribution in [1.82, 2.24) is 4.31 Å². The monoisotopic (exact) mass is 293 g/mol. The van der Waals surface area contributed by atoms with Crippen molar-refractivity contribution in [2.75, 3.05) is 17.9 Å². The summed E-state index contributed by atoms with van der Waals surface area (Å²) in [5.74, 6) is -1.95. The van der Waals surface area contributed by atoms with Gasteiger partial charge in [0.2, 0.25) is 0 Å². The molecule has 0 N–H and O–H groups in total. The fourth-order valence-corrected chi connectivity index (χ4v) is 3.15. The quantitative estimate of drug-likeness (QED) is 0.744. The molecule has 0 fully saturated rings. The molecule has 0 spiro atoms. The highest BCUT2D eigenvalue weighted by Crippen LogP contribution is 2.31. The first-order valence-electron chi connectivity index (χ1n) is 5.72. The van der Waals surface area contributed by atoms with E-state index in [0.29, 0.717) is 4.31 Å². The number of ketones is 1. The molecular formula is C12H11N3O4S. The Morgan fingerprint density at radius 3 is 2.60 bits per heavy atom. The van der Waals surface area contributed by atoms with Crippen LogP contribution in [0, 0.1) is 11.3 Å². The number of carbonyl (C=O) groups is 2. The van der Waals surface area contributed by atoms with E-state index in [2.05, 4.69) is 0 Å². The van der Waals surface area contributed by atoms with E-state index in [-0.39, 0.29) is 24.2 Å². The summed E-state index contributed by atoms with van der Waals surface area (Å²) in [6.07, 6.45) is -0.00659. The van der Waals surface area contributed by atoms with Gasteiger partial charge in [0.05, 0.1) is 17.3 Å². The number of carbonyl (C=O) groups excluding carboxylic acids is 2. The largest absolute Gasteiger partial charge is 0.314 e. The van der Waals surface area contributed by atoms with E-state index in [4.69, 9.17) is 5.26 Å². The standard InChI is InChI=1S/C12H11N3O4S/c1-14(8-4-7-13)20(18,19)15-10-6-3-2-5-9(10)11(16)12(15)17/h2-3,5-6H,4,8H2,1H3. The maximum atomic E-state index is 12.3. The van der Waals surface area contributed by atoms with Crippen LogP contribution in [0.15, 0.2) is 24.3 Å². The van der Waals surface area contributed by atoms with E-state index in [1.807, 2.05) is 6.07 Å². The van der Waals surface area contributed by atoms with Gasteiger partial charge >= 0.3 is 16.1 Å². The van der Waals surface area contributed by atoms with E-state index in [0.717, 1.165) is 4.31 Å². The Balaban J connectivity index is 2.46. The molecule has 0 unspecified atom stereocenters. The van der Waals surface area contributed by atoms with Crippen LogP contribution in [0.3, 0.4) is 0 Å². The summed E-state index contributed by atoms with van der Waals surface area (Å²) in [7, 11) is -2.91. The van der Waals surface area contributed by atoms with E-state index < -0.39 is 21.9 Å². The predicted molar refractivity (Wildman–Crippen MR) is 70.0 cm³/mol. The van der Waals surface area contributed by atoms with Crippen molar-refractivity contribution in [3.63, 3.8) is 0 Å². The van der Waals surface area contributed by atoms with E-state index in [1.165, 1.54) is 19.2 Å². The fraction of sp³-hybridized carbons (Fsp3) is 0.250. The maximum Gasteiger partial charge on any atom is 0.314 e. The molecule has 0 aliphatic carbocycles. The van der Waals surface area contributed by atoms with Crippen molar-refractivity contribution >= 4 is 27.6 Å². The number of rotatable bonds is 4. The molecule has 8 heteroatoms. The van der Waals surface area contributed by atoms with Gasteiger partial charge in [0.1, 0.15) is 0 Å². The van der Waals surface area contributed by atoms with E-state index in [9.17, 15) is 18.0 Å². The Labute approximate surface area is 116 Å². The average molecular weight is 293 g/mol. The van der Waals surface area contributed by atoms with Crippen LogP contribution in [0.5, 0.6) is 0 Å². The Morgan fingerprint density at radius 2 is 1.95 bits per heavy atom. The van der Waals surface area contributed by atoms with Gasteiger partial charge < -0.3 is 0 Å². The Morgan fingerprint density at radius 1 is 1.30 bits per heavy atom. The summed E-state index contributed by atoms with van der Waals surface area (Å²) in [4.78, 5) is 23.7. The summed E-state index contributed by atoms with van der Waals surface area (Å²) in [6, 6.07) is 7.72. The molecule has 1 aromatic rings. The Hall–Kier alpha value is -2.24. The van der Waals surface area contributed by atoms with Crippen molar-refractivity contribution in [3.05, 3.63) is 29.8 Å². The number of fused-ring (bicyclic) bond motifs is 1. The lowest BCUT2D eigenvalue weighted by molar-refractivity contribution is -0.113. The second-order valence-electron chi connectivity index (χ2n) is 4.15. The lowest BCUT2D eigenvalue weighted by atomic mass is 10.1. The van der Waals surface area contributed by atoms with Crippen molar-refractivity contribution in [1.29, 1.82) is 5.26 Å². The fourth-order valence-electron chi connectivity index (χ4n) is 1.85. The van der Waals surface area contributed by atoms with Crippen LogP contribution < -0.4 is 4.31 Å². The smallest absolute Gasteiger partial charge is 0.283 e. The summed E-state index contributed by atoms with van der Waals surface area (Å²) in [6.45, 7) is -0.0566. The second kappa shape index (κ2) is 5.03. The zero-order valence-corrected chi connectivity index (χ0v) is 11.4. The van der Waals surface area contributed by atoms with Crippen molar-refractivity contribution in [2.45, 2.75) is 6.42 Å². The van der Waals surface area contributed by atoms with E-state index >= 15 is 0 Å². The summed E-state index contributed by atoms with van der Waals surface area (Å²) >= 11 is 0. The number of nitrogens with zero attached hydrogens (tertiary/aromatic N) is 3. The highest BCUT2D eigenvalue weighted by atomic mass is 32.2. The minimum Gasteiger partial charge on any atom is -0.283 e. The molecule has 20 heavy (non-hydrogen) atoms. The number of anilines is 1. The molecule has 104 valence electrons. The molecule has 2 rings (SSSR count). The number of hydrogen-bond donors (Lipinski definition) is 0. The summed E-state index contributed by atoms with van der Waals surface area (Å²) in [5.41, 5.74) is 0.112. The van der Waals surface area contributed by atoms with Crippen LogP contribution in [0.1, 0.15) is 16.8 Å². The molecule has 1 aliphatic heterocycles. The second-order valence-corrected chi connectivity index (χ2v) is 6.04. The third-order valence-corrected chi connectivity index (χ3v) is 4.70. The average Bonchev–Trinajstić information content (AvgIpc) is 2.69. The zero-order chi connectivity index (χ0) is 14.9. The highest BCUT2D eigenvalue weighted by Gasteiger charge is 2.44. The molecule has 0 saturated heterocycles. The maximum absolute atomic E-state index is 12.3. The number of hydrogen-bond acceptors (Lipinski definition) is 5. The van der Waals surface area contributed by atoms with Crippen LogP contribution in [-0.4, -0.2) is 38.0 Å². The molecule has 0 bridgehead atoms. The first kappa shape index (κ1) is 14.2. The highest BCUT2D eigenvalue weighted by molar-refractivity contribution is 7.91. The van der Waals surface area contributed by atoms with Gasteiger partial charge in [-0.1, -0.05) is 12.1 Å². The van der Waals surface area contributed by atoms with Crippen LogP contribution in [0.2, 0.25) is 0 Å². The lowest BCUT2D eigenvalue weighted by Gasteiger charge is -2.23. The third-order valence-electron chi connectivity index (χ3n) is 2.91. The summed E-state index contributed by atoms with van der Waals surface area (Å²) in [5, 5.41) is 8.49.